The van der Waals surface area contributed by atoms with Gasteiger partial charge in [0.25, 0.3) is 0 Å². The van der Waals surface area contributed by atoms with Crippen molar-refractivity contribution in [1.82, 2.24) is 4.98 Å². The number of nitrogens with two attached hydrogens (primary N) is 1. The van der Waals surface area contributed by atoms with Crippen LogP contribution in [-0.4, -0.2) is 10.8 Å². The van der Waals surface area contributed by atoms with E-state index in [0.717, 1.165) is 5.69 Å². The number of aromatic nitrogens is 1. The topological polar surface area (TPSA) is 56.0 Å². The number of hydrogen-bond donors (Lipinski definition) is 1. The summed E-state index contributed by atoms with van der Waals surface area (Å²) in [5, 5.41) is 0. The molecule has 0 spiro atoms. The monoisotopic (exact) mass is 164 g/mol. The highest BCUT2D eigenvalue weighted by Gasteiger charge is 2.01. The van der Waals surface area contributed by atoms with E-state index in [0.29, 0.717) is 18.5 Å². The van der Waals surface area contributed by atoms with Gasteiger partial charge in [0.1, 0.15) is 0 Å². The second-order valence-corrected chi connectivity index (χ2v) is 2.52. The predicted octanol–water partition coefficient (Wildman–Crippen LogP) is 1.13. The normalized spacial score (nSPS) is 9.83. The van der Waals surface area contributed by atoms with E-state index in [1.165, 1.54) is 0 Å². The van der Waals surface area contributed by atoms with Crippen LogP contribution >= 0.6 is 0 Å². The van der Waals surface area contributed by atoms with Crippen molar-refractivity contribution < 1.29 is 4.79 Å². The molecular weight excluding hydrogens is 152 g/mol. The zero-order chi connectivity index (χ0) is 8.97. The van der Waals surface area contributed by atoms with Gasteiger partial charge in [-0.2, -0.15) is 0 Å². The molecule has 0 amide bonds. The second-order valence-electron chi connectivity index (χ2n) is 2.52. The van der Waals surface area contributed by atoms with Gasteiger partial charge < -0.3 is 5.73 Å². The second kappa shape index (κ2) is 3.97. The number of carbonyl (C=O) groups excluding carboxylic acids is 1. The number of pyridine rings is 1. The van der Waals surface area contributed by atoms with Crippen LogP contribution in [0.25, 0.3) is 0 Å². The highest BCUT2D eigenvalue weighted by atomic mass is 16.1. The Balaban J connectivity index is 2.84. The molecule has 0 bridgehead atoms. The van der Waals surface area contributed by atoms with Crippen LogP contribution in [0.15, 0.2) is 18.3 Å². The molecule has 0 aromatic carbocycles. The third-order valence-electron chi connectivity index (χ3n) is 1.68. The molecule has 3 heteroatoms. The Kier molecular flexibility index (Phi) is 2.94. The van der Waals surface area contributed by atoms with E-state index in [1.54, 1.807) is 18.3 Å². The fourth-order valence-corrected chi connectivity index (χ4v) is 0.914. The van der Waals surface area contributed by atoms with Gasteiger partial charge in [-0.25, -0.2) is 0 Å². The van der Waals surface area contributed by atoms with Crippen LogP contribution in [-0.2, 0) is 6.54 Å². The number of Topliss-reactive ketones (excluding diaryl/α,β-unsaturated/α-hetero) is 1. The lowest BCUT2D eigenvalue weighted by atomic mass is 10.1. The van der Waals surface area contributed by atoms with Crippen molar-refractivity contribution in [2.75, 3.05) is 0 Å². The molecule has 3 nitrogen and oxygen atoms in total. The van der Waals surface area contributed by atoms with Crippen LogP contribution in [0.4, 0.5) is 0 Å². The average Bonchev–Trinajstić information content (AvgIpc) is 2.17. The highest BCUT2D eigenvalue weighted by Crippen LogP contribution is 2.02. The molecule has 0 fully saturated rings. The van der Waals surface area contributed by atoms with E-state index in [-0.39, 0.29) is 5.78 Å². The van der Waals surface area contributed by atoms with Crippen molar-refractivity contribution in [3.63, 3.8) is 0 Å². The van der Waals surface area contributed by atoms with Crippen LogP contribution in [0.5, 0.6) is 0 Å². The molecule has 1 heterocycles. The van der Waals surface area contributed by atoms with E-state index >= 15 is 0 Å². The molecule has 0 saturated carbocycles. The van der Waals surface area contributed by atoms with Crippen molar-refractivity contribution in [3.8, 4) is 0 Å². The van der Waals surface area contributed by atoms with E-state index in [4.69, 9.17) is 5.73 Å². The summed E-state index contributed by atoms with van der Waals surface area (Å²) >= 11 is 0. The molecule has 1 rings (SSSR count). The molecule has 0 aliphatic heterocycles. The number of nitrogens with zero attached hydrogens (tertiary/aromatic N) is 1. The minimum absolute atomic E-state index is 0.117. The third kappa shape index (κ3) is 1.89. The average molecular weight is 164 g/mol. The minimum Gasteiger partial charge on any atom is -0.325 e. The molecule has 1 aromatic heterocycles. The largest absolute Gasteiger partial charge is 0.325 e. The lowest BCUT2D eigenvalue weighted by Crippen LogP contribution is -2.02. The Labute approximate surface area is 71.6 Å². The first-order chi connectivity index (χ1) is 5.77. The number of rotatable bonds is 3. The molecular formula is C9H12N2O. The predicted molar refractivity (Wildman–Crippen MR) is 46.7 cm³/mol. The zero-order valence-corrected chi connectivity index (χ0v) is 7.08. The van der Waals surface area contributed by atoms with Crippen LogP contribution in [0.1, 0.15) is 29.4 Å². The summed E-state index contributed by atoms with van der Waals surface area (Å²) in [6.45, 7) is 2.25. The van der Waals surface area contributed by atoms with Gasteiger partial charge in [0, 0.05) is 24.7 Å². The fraction of sp³-hybridized carbons (Fsp3) is 0.333. The van der Waals surface area contributed by atoms with Crippen molar-refractivity contribution in [1.29, 1.82) is 0 Å². The molecule has 0 radical (unpaired) electrons. The molecule has 2 N–H and O–H groups in total. The first-order valence-electron chi connectivity index (χ1n) is 3.96. The summed E-state index contributed by atoms with van der Waals surface area (Å²) in [4.78, 5) is 15.2. The van der Waals surface area contributed by atoms with Gasteiger partial charge in [0.2, 0.25) is 0 Å². The Morgan fingerprint density at radius 2 is 2.33 bits per heavy atom. The van der Waals surface area contributed by atoms with Gasteiger partial charge in [-0.05, 0) is 12.1 Å². The molecule has 0 aliphatic carbocycles. The van der Waals surface area contributed by atoms with E-state index in [1.807, 2.05) is 6.92 Å². The van der Waals surface area contributed by atoms with E-state index in [2.05, 4.69) is 4.98 Å². The number of ketones is 1. The molecule has 0 unspecified atom stereocenters. The summed E-state index contributed by atoms with van der Waals surface area (Å²) in [6, 6.07) is 3.55. The van der Waals surface area contributed by atoms with Crippen LogP contribution in [0, 0.1) is 0 Å². The highest BCUT2D eigenvalue weighted by molar-refractivity contribution is 5.95. The standard InChI is InChI=1S/C9H12N2O/c1-2-9(12)7-3-4-8(5-10)11-6-7/h3-4,6H,2,5,10H2,1H3. The maximum atomic E-state index is 11.1. The Bertz CT molecular complexity index is 266. The van der Waals surface area contributed by atoms with Crippen molar-refractivity contribution in [2.45, 2.75) is 19.9 Å². The quantitative estimate of drug-likeness (QED) is 0.681. The summed E-state index contributed by atoms with van der Waals surface area (Å²) in [7, 11) is 0. The molecule has 12 heavy (non-hydrogen) atoms. The van der Waals surface area contributed by atoms with Crippen molar-refractivity contribution in [3.05, 3.63) is 29.6 Å². The summed E-state index contributed by atoms with van der Waals surface area (Å²) in [5.74, 6) is 0.117. The van der Waals surface area contributed by atoms with Crippen molar-refractivity contribution in [2.24, 2.45) is 5.73 Å². The fourth-order valence-electron chi connectivity index (χ4n) is 0.914. The number of carbonyl (C=O) groups is 1. The Hall–Kier alpha value is -1.22. The summed E-state index contributed by atoms with van der Waals surface area (Å²) in [6.07, 6.45) is 2.09. The molecule has 0 aliphatic rings. The van der Waals surface area contributed by atoms with Gasteiger partial charge in [-0.15, -0.1) is 0 Å². The maximum Gasteiger partial charge on any atom is 0.164 e. The van der Waals surface area contributed by atoms with Gasteiger partial charge in [0.05, 0.1) is 5.69 Å². The Morgan fingerprint density at radius 1 is 1.58 bits per heavy atom. The van der Waals surface area contributed by atoms with Crippen LogP contribution < -0.4 is 5.73 Å². The zero-order valence-electron chi connectivity index (χ0n) is 7.08. The minimum atomic E-state index is 0.117. The van der Waals surface area contributed by atoms with Crippen molar-refractivity contribution >= 4 is 5.78 Å². The first-order valence-corrected chi connectivity index (χ1v) is 3.96. The molecule has 0 atom stereocenters. The Morgan fingerprint density at radius 3 is 2.75 bits per heavy atom. The summed E-state index contributed by atoms with van der Waals surface area (Å²) in [5.41, 5.74) is 6.83. The van der Waals surface area contributed by atoms with Gasteiger partial charge >= 0.3 is 0 Å². The summed E-state index contributed by atoms with van der Waals surface area (Å²) < 4.78 is 0. The SMILES string of the molecule is CCC(=O)c1ccc(CN)nc1. The molecule has 0 saturated heterocycles. The molecule has 1 aromatic rings. The van der Waals surface area contributed by atoms with E-state index < -0.39 is 0 Å². The van der Waals surface area contributed by atoms with Gasteiger partial charge in [-0.3, -0.25) is 9.78 Å². The maximum absolute atomic E-state index is 11.1. The van der Waals surface area contributed by atoms with Gasteiger partial charge in [-0.1, -0.05) is 6.92 Å². The first kappa shape index (κ1) is 8.87. The van der Waals surface area contributed by atoms with Gasteiger partial charge in [0.15, 0.2) is 5.78 Å². The smallest absolute Gasteiger partial charge is 0.164 e. The molecule has 64 valence electrons. The lowest BCUT2D eigenvalue weighted by Gasteiger charge is -1.98. The number of hydrogen-bond acceptors (Lipinski definition) is 3. The van der Waals surface area contributed by atoms with Crippen LogP contribution in [0.3, 0.4) is 0 Å². The van der Waals surface area contributed by atoms with E-state index in [9.17, 15) is 4.79 Å². The lowest BCUT2D eigenvalue weighted by molar-refractivity contribution is 0.0988. The van der Waals surface area contributed by atoms with Crippen LogP contribution in [0.2, 0.25) is 0 Å². The third-order valence-corrected chi connectivity index (χ3v) is 1.68.